The van der Waals surface area contributed by atoms with E-state index < -0.39 is 0 Å². The van der Waals surface area contributed by atoms with E-state index in [9.17, 15) is 4.79 Å². The van der Waals surface area contributed by atoms with Crippen LogP contribution in [0.3, 0.4) is 0 Å². The number of benzene rings is 1. The summed E-state index contributed by atoms with van der Waals surface area (Å²) in [5, 5.41) is 0. The maximum absolute atomic E-state index is 12.6. The average Bonchev–Trinajstić information content (AvgIpc) is 2.95. The molecule has 1 aromatic heterocycles. The Hall–Kier alpha value is -2.23. The molecule has 3 rings (SSSR count). The molecule has 0 spiro atoms. The molecular formula is C21H27NO3. The molecule has 134 valence electrons. The van der Waals surface area contributed by atoms with Crippen molar-refractivity contribution in [1.82, 2.24) is 4.57 Å². The topological polar surface area (TPSA) is 40.5 Å². The molecule has 4 nitrogen and oxygen atoms in total. The lowest BCUT2D eigenvalue weighted by atomic mass is 9.95. The van der Waals surface area contributed by atoms with Crippen LogP contribution in [0.5, 0.6) is 11.5 Å². The summed E-state index contributed by atoms with van der Waals surface area (Å²) < 4.78 is 13.1. The third kappa shape index (κ3) is 3.89. The first-order chi connectivity index (χ1) is 12.1. The van der Waals surface area contributed by atoms with Gasteiger partial charge in [-0.25, -0.2) is 0 Å². The van der Waals surface area contributed by atoms with E-state index in [2.05, 4.69) is 18.4 Å². The van der Waals surface area contributed by atoms with Gasteiger partial charge in [-0.2, -0.15) is 0 Å². The third-order valence-electron chi connectivity index (χ3n) is 5.15. The molecule has 0 radical (unpaired) electrons. The Bertz CT molecular complexity index is 724. The van der Waals surface area contributed by atoms with Crippen LogP contribution in [0.25, 0.3) is 0 Å². The summed E-state index contributed by atoms with van der Waals surface area (Å²) in [6.45, 7) is 4.21. The summed E-state index contributed by atoms with van der Waals surface area (Å²) >= 11 is 0. The van der Waals surface area contributed by atoms with Gasteiger partial charge in [-0.3, -0.25) is 4.79 Å². The summed E-state index contributed by atoms with van der Waals surface area (Å²) in [6, 6.07) is 9.85. The highest BCUT2D eigenvalue weighted by atomic mass is 16.5. The van der Waals surface area contributed by atoms with Crippen LogP contribution in [0, 0.1) is 13.8 Å². The van der Waals surface area contributed by atoms with Crippen molar-refractivity contribution in [3.05, 3.63) is 47.3 Å². The van der Waals surface area contributed by atoms with Crippen molar-refractivity contribution in [2.75, 3.05) is 13.7 Å². The Morgan fingerprint density at radius 1 is 1.08 bits per heavy atom. The highest BCUT2D eigenvalue weighted by Gasteiger charge is 2.22. The van der Waals surface area contributed by atoms with Gasteiger partial charge in [0.1, 0.15) is 11.5 Å². The molecule has 25 heavy (non-hydrogen) atoms. The zero-order valence-corrected chi connectivity index (χ0v) is 15.4. The summed E-state index contributed by atoms with van der Waals surface area (Å²) in [5.74, 6) is 1.48. The molecule has 4 heteroatoms. The number of carbonyl (C=O) groups excluding carboxylic acids is 1. The van der Waals surface area contributed by atoms with Crippen molar-refractivity contribution in [2.45, 2.75) is 52.0 Å². The minimum absolute atomic E-state index is 0.0333. The molecule has 0 atom stereocenters. The lowest BCUT2D eigenvalue weighted by Crippen LogP contribution is -2.17. The van der Waals surface area contributed by atoms with E-state index in [4.69, 9.17) is 9.47 Å². The Morgan fingerprint density at radius 3 is 2.36 bits per heavy atom. The minimum Gasteiger partial charge on any atom is -0.497 e. The van der Waals surface area contributed by atoms with Crippen molar-refractivity contribution >= 4 is 5.78 Å². The second-order valence-corrected chi connectivity index (χ2v) is 6.83. The van der Waals surface area contributed by atoms with E-state index >= 15 is 0 Å². The molecule has 0 N–H and O–H groups in total. The first-order valence-corrected chi connectivity index (χ1v) is 9.08. The van der Waals surface area contributed by atoms with Gasteiger partial charge in [0, 0.05) is 23.0 Å². The summed E-state index contributed by atoms with van der Waals surface area (Å²) in [4.78, 5) is 12.6. The largest absolute Gasteiger partial charge is 0.497 e. The van der Waals surface area contributed by atoms with Crippen LogP contribution in [-0.2, 0) is 0 Å². The number of hydrogen-bond donors (Lipinski definition) is 0. The molecule has 1 heterocycles. The van der Waals surface area contributed by atoms with Gasteiger partial charge in [-0.15, -0.1) is 0 Å². The lowest BCUT2D eigenvalue weighted by molar-refractivity contribution is 0.0920. The molecular weight excluding hydrogens is 314 g/mol. The van der Waals surface area contributed by atoms with Gasteiger partial charge in [0.05, 0.1) is 7.11 Å². The summed E-state index contributed by atoms with van der Waals surface area (Å²) in [6.07, 6.45) is 6.33. The van der Waals surface area contributed by atoms with E-state index in [1.54, 1.807) is 7.11 Å². The average molecular weight is 341 g/mol. The predicted molar refractivity (Wildman–Crippen MR) is 98.8 cm³/mol. The first-order valence-electron chi connectivity index (χ1n) is 9.08. The maximum Gasteiger partial charge on any atom is 0.202 e. The van der Waals surface area contributed by atoms with E-state index in [-0.39, 0.29) is 12.4 Å². The van der Waals surface area contributed by atoms with Crippen molar-refractivity contribution in [1.29, 1.82) is 0 Å². The first kappa shape index (κ1) is 17.6. The van der Waals surface area contributed by atoms with Crippen LogP contribution in [-0.4, -0.2) is 24.1 Å². The standard InChI is InChI=1S/C21H27NO3/c1-15-13-20(16(2)22(15)17-7-5-4-6-8-17)21(23)14-25-19-11-9-18(24-3)10-12-19/h9-13,17H,4-8,14H2,1-3H3. The Balaban J connectivity index is 1.69. The van der Waals surface area contributed by atoms with Gasteiger partial charge in [-0.05, 0) is 57.0 Å². The van der Waals surface area contributed by atoms with Crippen LogP contribution >= 0.6 is 0 Å². The number of ether oxygens (including phenoxy) is 2. The fraction of sp³-hybridized carbons (Fsp3) is 0.476. The van der Waals surface area contributed by atoms with Crippen LogP contribution in [0.2, 0.25) is 0 Å². The number of methoxy groups -OCH3 is 1. The van der Waals surface area contributed by atoms with E-state index in [0.29, 0.717) is 11.8 Å². The van der Waals surface area contributed by atoms with Gasteiger partial charge in [0.2, 0.25) is 5.78 Å². The molecule has 1 saturated carbocycles. The Kier molecular flexibility index (Phi) is 5.47. The summed E-state index contributed by atoms with van der Waals surface area (Å²) in [7, 11) is 1.63. The molecule has 0 bridgehead atoms. The van der Waals surface area contributed by atoms with E-state index in [0.717, 1.165) is 17.0 Å². The van der Waals surface area contributed by atoms with Crippen LogP contribution < -0.4 is 9.47 Å². The number of ketones is 1. The number of carbonyl (C=O) groups is 1. The normalized spacial score (nSPS) is 15.2. The number of aryl methyl sites for hydroxylation is 1. The van der Waals surface area contributed by atoms with Gasteiger partial charge >= 0.3 is 0 Å². The molecule has 1 fully saturated rings. The second kappa shape index (κ2) is 7.77. The van der Waals surface area contributed by atoms with Gasteiger partial charge < -0.3 is 14.0 Å². The number of Topliss-reactive ketones (excluding diaryl/α,β-unsaturated/α-hetero) is 1. The quantitative estimate of drug-likeness (QED) is 0.703. The molecule has 1 aliphatic carbocycles. The lowest BCUT2D eigenvalue weighted by Gasteiger charge is -2.26. The van der Waals surface area contributed by atoms with Gasteiger partial charge in [-0.1, -0.05) is 19.3 Å². The summed E-state index contributed by atoms with van der Waals surface area (Å²) in [5.41, 5.74) is 3.04. The predicted octanol–water partition coefficient (Wildman–Crippen LogP) is 4.88. The maximum atomic E-state index is 12.6. The van der Waals surface area contributed by atoms with E-state index in [1.165, 1.54) is 37.8 Å². The number of nitrogens with zero attached hydrogens (tertiary/aromatic N) is 1. The van der Waals surface area contributed by atoms with Crippen molar-refractivity contribution in [3.8, 4) is 11.5 Å². The highest BCUT2D eigenvalue weighted by Crippen LogP contribution is 2.32. The van der Waals surface area contributed by atoms with Gasteiger partial charge in [0.25, 0.3) is 0 Å². The molecule has 1 aromatic carbocycles. The molecule has 2 aromatic rings. The number of aromatic nitrogens is 1. The van der Waals surface area contributed by atoms with Crippen molar-refractivity contribution in [3.63, 3.8) is 0 Å². The molecule has 0 amide bonds. The third-order valence-corrected chi connectivity index (χ3v) is 5.15. The molecule has 0 saturated heterocycles. The zero-order valence-electron chi connectivity index (χ0n) is 15.4. The fourth-order valence-electron chi connectivity index (χ4n) is 3.86. The Labute approximate surface area is 149 Å². The SMILES string of the molecule is COc1ccc(OCC(=O)c2cc(C)n(C3CCCCC3)c2C)cc1. The molecule has 1 aliphatic rings. The molecule has 0 unspecified atom stereocenters. The van der Waals surface area contributed by atoms with E-state index in [1.807, 2.05) is 30.3 Å². The number of hydrogen-bond acceptors (Lipinski definition) is 3. The van der Waals surface area contributed by atoms with Crippen LogP contribution in [0.4, 0.5) is 0 Å². The smallest absolute Gasteiger partial charge is 0.202 e. The fourth-order valence-corrected chi connectivity index (χ4v) is 3.86. The van der Waals surface area contributed by atoms with Crippen LogP contribution in [0.15, 0.2) is 30.3 Å². The van der Waals surface area contributed by atoms with Crippen molar-refractivity contribution in [2.24, 2.45) is 0 Å². The Morgan fingerprint density at radius 2 is 1.72 bits per heavy atom. The van der Waals surface area contributed by atoms with Crippen molar-refractivity contribution < 1.29 is 14.3 Å². The number of rotatable bonds is 6. The monoisotopic (exact) mass is 341 g/mol. The van der Waals surface area contributed by atoms with Crippen LogP contribution in [0.1, 0.15) is 59.9 Å². The zero-order chi connectivity index (χ0) is 17.8. The highest BCUT2D eigenvalue weighted by molar-refractivity contribution is 5.98. The minimum atomic E-state index is 0.0333. The molecule has 0 aliphatic heterocycles. The van der Waals surface area contributed by atoms with Gasteiger partial charge in [0.15, 0.2) is 6.61 Å². The second-order valence-electron chi connectivity index (χ2n) is 6.83.